The van der Waals surface area contributed by atoms with E-state index >= 15 is 0 Å². The normalized spacial score (nSPS) is 15.6. The number of benzene rings is 1. The zero-order chi connectivity index (χ0) is 16.1. The fourth-order valence-electron chi connectivity index (χ4n) is 2.97. The van der Waals surface area contributed by atoms with Crippen LogP contribution in [0.4, 0.5) is 10.5 Å². The Balaban J connectivity index is 1.44. The monoisotopic (exact) mass is 332 g/mol. The van der Waals surface area contributed by atoms with Gasteiger partial charge in [0.25, 0.3) is 0 Å². The van der Waals surface area contributed by atoms with E-state index < -0.39 is 0 Å². The lowest BCUT2D eigenvalue weighted by molar-refractivity contribution is 0.180. The van der Waals surface area contributed by atoms with Gasteiger partial charge in [0.1, 0.15) is 0 Å². The molecular formula is C17H21ClN4O. The molecule has 2 heterocycles. The van der Waals surface area contributed by atoms with Crippen molar-refractivity contribution in [3.63, 3.8) is 0 Å². The minimum atomic E-state index is -0.0423. The number of halogens is 1. The third-order valence-electron chi connectivity index (χ3n) is 4.35. The lowest BCUT2D eigenvalue weighted by Crippen LogP contribution is -2.41. The van der Waals surface area contributed by atoms with Gasteiger partial charge < -0.3 is 15.2 Å². The summed E-state index contributed by atoms with van der Waals surface area (Å²) in [7, 11) is 0. The maximum atomic E-state index is 12.3. The molecule has 0 unspecified atom stereocenters. The Kier molecular flexibility index (Phi) is 5.18. The van der Waals surface area contributed by atoms with Gasteiger partial charge in [-0.05, 0) is 49.8 Å². The van der Waals surface area contributed by atoms with Crippen molar-refractivity contribution in [1.29, 1.82) is 0 Å². The molecule has 1 aliphatic rings. The van der Waals surface area contributed by atoms with Crippen LogP contribution >= 0.6 is 11.6 Å². The number of aromatic amines is 1. The highest BCUT2D eigenvalue weighted by Crippen LogP contribution is 2.23. The quantitative estimate of drug-likeness (QED) is 0.890. The Hall–Kier alpha value is -2.01. The summed E-state index contributed by atoms with van der Waals surface area (Å²) >= 11 is 5.94. The molecule has 0 saturated carbocycles. The van der Waals surface area contributed by atoms with Crippen molar-refractivity contribution in [2.24, 2.45) is 5.92 Å². The molecule has 1 aromatic heterocycles. The number of nitrogens with zero attached hydrogens (tertiary/aromatic N) is 2. The number of rotatable bonds is 4. The number of carbonyl (C=O) groups excluding carboxylic acids is 1. The average Bonchev–Trinajstić information content (AvgIpc) is 3.07. The molecule has 0 atom stereocenters. The summed E-state index contributed by atoms with van der Waals surface area (Å²) in [5, 5.41) is 3.54. The molecule has 1 aliphatic heterocycles. The first-order valence-electron chi connectivity index (χ1n) is 7.99. The van der Waals surface area contributed by atoms with Crippen LogP contribution in [0.3, 0.4) is 0 Å². The van der Waals surface area contributed by atoms with Crippen LogP contribution < -0.4 is 5.32 Å². The highest BCUT2D eigenvalue weighted by molar-refractivity contribution is 6.30. The van der Waals surface area contributed by atoms with Crippen LogP contribution in [-0.2, 0) is 6.42 Å². The van der Waals surface area contributed by atoms with Crippen molar-refractivity contribution in [2.45, 2.75) is 25.7 Å². The van der Waals surface area contributed by atoms with Crippen molar-refractivity contribution in [3.8, 4) is 0 Å². The topological polar surface area (TPSA) is 61.0 Å². The van der Waals surface area contributed by atoms with Gasteiger partial charge in [0.15, 0.2) is 0 Å². The average molecular weight is 333 g/mol. The number of piperidine rings is 1. The number of anilines is 1. The Bertz CT molecular complexity index is 636. The fraction of sp³-hybridized carbons (Fsp3) is 0.412. The molecule has 0 radical (unpaired) electrons. The van der Waals surface area contributed by atoms with Crippen LogP contribution in [0.15, 0.2) is 36.8 Å². The second-order valence-corrected chi connectivity index (χ2v) is 6.42. The Morgan fingerprint density at radius 2 is 2.22 bits per heavy atom. The van der Waals surface area contributed by atoms with Crippen LogP contribution in [0.25, 0.3) is 0 Å². The molecular weight excluding hydrogens is 312 g/mol. The molecule has 2 N–H and O–H groups in total. The highest BCUT2D eigenvalue weighted by atomic mass is 35.5. The van der Waals surface area contributed by atoms with Gasteiger partial charge in [0, 0.05) is 35.7 Å². The van der Waals surface area contributed by atoms with Gasteiger partial charge in [-0.3, -0.25) is 0 Å². The van der Waals surface area contributed by atoms with Crippen LogP contribution in [0, 0.1) is 5.92 Å². The number of H-pyrrole nitrogens is 1. The Morgan fingerprint density at radius 3 is 2.91 bits per heavy atom. The first kappa shape index (κ1) is 15.9. The van der Waals surface area contributed by atoms with Gasteiger partial charge in [0.2, 0.25) is 0 Å². The number of nitrogens with one attached hydrogen (secondary N) is 2. The van der Waals surface area contributed by atoms with Crippen molar-refractivity contribution >= 4 is 23.3 Å². The molecule has 6 heteroatoms. The number of amides is 2. The summed E-state index contributed by atoms with van der Waals surface area (Å²) in [5.74, 6) is 0.675. The van der Waals surface area contributed by atoms with E-state index in [1.807, 2.05) is 23.2 Å². The minimum absolute atomic E-state index is 0.0423. The van der Waals surface area contributed by atoms with Crippen LogP contribution in [-0.4, -0.2) is 34.0 Å². The standard InChI is InChI=1S/C17H21ClN4O/c18-14-2-1-3-15(10-14)21-17(23)22-8-6-13(7-9-22)4-5-16-11-19-12-20-16/h1-3,10-13H,4-9H2,(H,19,20)(H,21,23). The zero-order valence-electron chi connectivity index (χ0n) is 13.0. The molecule has 3 rings (SSSR count). The van der Waals surface area contributed by atoms with E-state index in [0.717, 1.165) is 44.5 Å². The Labute approximate surface area is 141 Å². The number of imidazole rings is 1. The predicted molar refractivity (Wildman–Crippen MR) is 91.7 cm³/mol. The molecule has 1 saturated heterocycles. The second kappa shape index (κ2) is 7.51. The third kappa shape index (κ3) is 4.48. The van der Waals surface area contributed by atoms with Crippen molar-refractivity contribution in [2.75, 3.05) is 18.4 Å². The van der Waals surface area contributed by atoms with Crippen LogP contribution in [0.2, 0.25) is 5.02 Å². The van der Waals surface area contributed by atoms with Crippen molar-refractivity contribution < 1.29 is 4.79 Å². The molecule has 2 aromatic rings. The van der Waals surface area contributed by atoms with Gasteiger partial charge in [-0.15, -0.1) is 0 Å². The highest BCUT2D eigenvalue weighted by Gasteiger charge is 2.22. The number of carbonyl (C=O) groups is 1. The third-order valence-corrected chi connectivity index (χ3v) is 4.59. The SMILES string of the molecule is O=C(Nc1cccc(Cl)c1)N1CCC(CCc2cnc[nH]2)CC1. The summed E-state index contributed by atoms with van der Waals surface area (Å²) in [6, 6.07) is 7.19. The fourth-order valence-corrected chi connectivity index (χ4v) is 3.16. The Morgan fingerprint density at radius 1 is 1.39 bits per heavy atom. The molecule has 122 valence electrons. The number of urea groups is 1. The molecule has 0 spiro atoms. The smallest absolute Gasteiger partial charge is 0.321 e. The number of aromatic nitrogens is 2. The first-order chi connectivity index (χ1) is 11.2. The van der Waals surface area contributed by atoms with Crippen molar-refractivity contribution in [1.82, 2.24) is 14.9 Å². The first-order valence-corrected chi connectivity index (χ1v) is 8.37. The summed E-state index contributed by atoms with van der Waals surface area (Å²) in [4.78, 5) is 21.4. The molecule has 1 aromatic carbocycles. The second-order valence-electron chi connectivity index (χ2n) is 5.99. The molecule has 1 fully saturated rings. The van der Waals surface area contributed by atoms with Gasteiger partial charge in [-0.2, -0.15) is 0 Å². The largest absolute Gasteiger partial charge is 0.348 e. The van der Waals surface area contributed by atoms with Crippen LogP contribution in [0.1, 0.15) is 25.0 Å². The van der Waals surface area contributed by atoms with E-state index in [1.54, 1.807) is 18.5 Å². The molecule has 23 heavy (non-hydrogen) atoms. The van der Waals surface area contributed by atoms with E-state index in [0.29, 0.717) is 10.9 Å². The molecule has 5 nitrogen and oxygen atoms in total. The summed E-state index contributed by atoms with van der Waals surface area (Å²) in [5.41, 5.74) is 1.93. The molecule has 0 bridgehead atoms. The number of likely N-dealkylation sites (tertiary alicyclic amines) is 1. The minimum Gasteiger partial charge on any atom is -0.348 e. The molecule has 2 amide bonds. The maximum absolute atomic E-state index is 12.3. The number of aryl methyl sites for hydroxylation is 1. The lowest BCUT2D eigenvalue weighted by Gasteiger charge is -2.32. The number of hydrogen-bond donors (Lipinski definition) is 2. The zero-order valence-corrected chi connectivity index (χ0v) is 13.7. The van der Waals surface area contributed by atoms with Gasteiger partial charge in [0.05, 0.1) is 6.33 Å². The van der Waals surface area contributed by atoms with E-state index in [9.17, 15) is 4.79 Å². The van der Waals surface area contributed by atoms with Crippen LogP contribution in [0.5, 0.6) is 0 Å². The van der Waals surface area contributed by atoms with Gasteiger partial charge >= 0.3 is 6.03 Å². The van der Waals surface area contributed by atoms with E-state index in [4.69, 9.17) is 11.6 Å². The lowest BCUT2D eigenvalue weighted by atomic mass is 9.92. The van der Waals surface area contributed by atoms with E-state index in [1.165, 1.54) is 5.69 Å². The van der Waals surface area contributed by atoms with Gasteiger partial charge in [-0.1, -0.05) is 17.7 Å². The maximum Gasteiger partial charge on any atom is 0.321 e. The predicted octanol–water partition coefficient (Wildman–Crippen LogP) is 3.94. The summed E-state index contributed by atoms with van der Waals surface area (Å²) in [6.07, 6.45) is 7.88. The molecule has 0 aliphatic carbocycles. The summed E-state index contributed by atoms with van der Waals surface area (Å²) < 4.78 is 0. The van der Waals surface area contributed by atoms with Gasteiger partial charge in [-0.25, -0.2) is 9.78 Å². The summed E-state index contributed by atoms with van der Waals surface area (Å²) in [6.45, 7) is 1.61. The van der Waals surface area contributed by atoms with E-state index in [-0.39, 0.29) is 6.03 Å². The number of hydrogen-bond acceptors (Lipinski definition) is 2. The van der Waals surface area contributed by atoms with E-state index in [2.05, 4.69) is 15.3 Å². The van der Waals surface area contributed by atoms with Crippen molar-refractivity contribution in [3.05, 3.63) is 47.5 Å².